The number of aliphatic hydroxyl groups is 1. The third kappa shape index (κ3) is 5.81. The molecule has 1 saturated heterocycles. The molecule has 3 N–H and O–H groups in total. The van der Waals surface area contributed by atoms with Crippen LogP contribution in [0.2, 0.25) is 0 Å². The van der Waals surface area contributed by atoms with Crippen molar-refractivity contribution in [2.45, 2.75) is 64.1 Å². The molecule has 7 nitrogen and oxygen atoms in total. The van der Waals surface area contributed by atoms with Crippen LogP contribution in [-0.2, 0) is 9.53 Å². The summed E-state index contributed by atoms with van der Waals surface area (Å²) in [7, 11) is 0. The first-order valence-electron chi connectivity index (χ1n) is 7.65. The summed E-state index contributed by atoms with van der Waals surface area (Å²) in [5.74, 6) is -0.898. The SMILES string of the molecule is CC(CCCO)NC1(CC(=O)O)CN(C(=O)OC(C)(C)C)C1. The molecule has 0 aromatic carbocycles. The number of carboxylic acids is 1. The van der Waals surface area contributed by atoms with Gasteiger partial charge in [0, 0.05) is 25.7 Å². The summed E-state index contributed by atoms with van der Waals surface area (Å²) in [6.07, 6.45) is 0.950. The van der Waals surface area contributed by atoms with Gasteiger partial charge in [0.2, 0.25) is 0 Å². The van der Waals surface area contributed by atoms with Gasteiger partial charge in [-0.15, -0.1) is 0 Å². The zero-order valence-corrected chi connectivity index (χ0v) is 13.9. The monoisotopic (exact) mass is 316 g/mol. The molecule has 128 valence electrons. The molecule has 0 aromatic rings. The van der Waals surface area contributed by atoms with Gasteiger partial charge in [-0.25, -0.2) is 4.79 Å². The summed E-state index contributed by atoms with van der Waals surface area (Å²) in [5, 5.41) is 21.3. The van der Waals surface area contributed by atoms with Crippen LogP contribution in [-0.4, -0.2) is 64.1 Å². The van der Waals surface area contributed by atoms with Crippen LogP contribution in [0.3, 0.4) is 0 Å². The second-order valence-electron chi connectivity index (χ2n) is 7.10. The molecule has 1 aliphatic heterocycles. The van der Waals surface area contributed by atoms with Gasteiger partial charge in [0.05, 0.1) is 12.0 Å². The van der Waals surface area contributed by atoms with E-state index in [2.05, 4.69) is 5.32 Å². The number of ether oxygens (including phenoxy) is 1. The zero-order chi connectivity index (χ0) is 17.0. The lowest BCUT2D eigenvalue weighted by atomic mass is 9.85. The standard InChI is InChI=1S/C15H28N2O5/c1-11(6-5-7-18)16-15(8-12(19)20)9-17(10-15)13(21)22-14(2,3)4/h11,16,18H,5-10H2,1-4H3,(H,19,20). The molecule has 7 heteroatoms. The molecule has 1 amide bonds. The topological polar surface area (TPSA) is 99.1 Å². The Kier molecular flexibility index (Phi) is 6.19. The number of carboxylic acid groups (broad SMARTS) is 1. The van der Waals surface area contributed by atoms with Gasteiger partial charge in [-0.3, -0.25) is 4.79 Å². The van der Waals surface area contributed by atoms with Crippen molar-refractivity contribution in [1.82, 2.24) is 10.2 Å². The molecule has 22 heavy (non-hydrogen) atoms. The lowest BCUT2D eigenvalue weighted by Crippen LogP contribution is -2.72. The first kappa shape index (κ1) is 18.7. The molecule has 0 saturated carbocycles. The molecule has 1 aliphatic rings. The van der Waals surface area contributed by atoms with E-state index in [-0.39, 0.29) is 19.1 Å². The average Bonchev–Trinajstić information content (AvgIpc) is 2.29. The maximum absolute atomic E-state index is 12.0. The molecule has 0 bridgehead atoms. The number of aliphatic carboxylic acids is 1. The minimum absolute atomic E-state index is 0.0459. The summed E-state index contributed by atoms with van der Waals surface area (Å²) in [6, 6.07) is 0.0762. The lowest BCUT2D eigenvalue weighted by Gasteiger charge is -2.51. The molecule has 1 rings (SSSR count). The number of nitrogens with one attached hydrogen (secondary N) is 1. The van der Waals surface area contributed by atoms with E-state index < -0.39 is 23.2 Å². The number of likely N-dealkylation sites (tertiary alicyclic amines) is 1. The predicted octanol–water partition coefficient (Wildman–Crippen LogP) is 1.20. The minimum atomic E-state index is -0.898. The molecule has 0 spiro atoms. The van der Waals surface area contributed by atoms with Crippen LogP contribution in [0.15, 0.2) is 0 Å². The Labute approximate surface area is 131 Å². The quantitative estimate of drug-likeness (QED) is 0.653. The second-order valence-corrected chi connectivity index (χ2v) is 7.10. The van der Waals surface area contributed by atoms with Gasteiger partial charge in [-0.2, -0.15) is 0 Å². The lowest BCUT2D eigenvalue weighted by molar-refractivity contribution is -0.141. The molecule has 1 atom stereocenters. The van der Waals surface area contributed by atoms with E-state index in [1.165, 1.54) is 4.90 Å². The van der Waals surface area contributed by atoms with Gasteiger partial charge >= 0.3 is 12.1 Å². The summed E-state index contributed by atoms with van der Waals surface area (Å²) in [4.78, 5) is 24.6. The highest BCUT2D eigenvalue weighted by Gasteiger charge is 2.48. The highest BCUT2D eigenvalue weighted by Crippen LogP contribution is 2.27. The van der Waals surface area contributed by atoms with Crippen LogP contribution in [0, 0.1) is 0 Å². The summed E-state index contributed by atoms with van der Waals surface area (Å²) >= 11 is 0. The van der Waals surface area contributed by atoms with Crippen LogP contribution < -0.4 is 5.32 Å². The van der Waals surface area contributed by atoms with Crippen LogP contribution in [0.25, 0.3) is 0 Å². The Bertz CT molecular complexity index is 399. The maximum atomic E-state index is 12.0. The number of hydrogen-bond donors (Lipinski definition) is 3. The Balaban J connectivity index is 2.59. The summed E-state index contributed by atoms with van der Waals surface area (Å²) in [5.41, 5.74) is -1.18. The van der Waals surface area contributed by atoms with Crippen LogP contribution >= 0.6 is 0 Å². The molecular weight excluding hydrogens is 288 g/mol. The first-order chi connectivity index (χ1) is 10.1. The number of carbonyl (C=O) groups excluding carboxylic acids is 1. The minimum Gasteiger partial charge on any atom is -0.481 e. The fourth-order valence-electron chi connectivity index (χ4n) is 2.68. The number of carbonyl (C=O) groups is 2. The second kappa shape index (κ2) is 7.28. The molecule has 0 aliphatic carbocycles. The number of nitrogens with zero attached hydrogens (tertiary/aromatic N) is 1. The molecule has 0 aromatic heterocycles. The van der Waals surface area contributed by atoms with Gasteiger partial charge in [0.25, 0.3) is 0 Å². The van der Waals surface area contributed by atoms with Gasteiger partial charge < -0.3 is 25.2 Å². The number of hydrogen-bond acceptors (Lipinski definition) is 5. The van der Waals surface area contributed by atoms with Crippen molar-refractivity contribution in [3.63, 3.8) is 0 Å². The third-order valence-corrected chi connectivity index (χ3v) is 3.48. The maximum Gasteiger partial charge on any atom is 0.410 e. The zero-order valence-electron chi connectivity index (χ0n) is 13.9. The smallest absolute Gasteiger partial charge is 0.410 e. The van der Waals surface area contributed by atoms with Crippen molar-refractivity contribution in [3.8, 4) is 0 Å². The number of amides is 1. The molecule has 1 unspecified atom stereocenters. The summed E-state index contributed by atoms with van der Waals surface area (Å²) < 4.78 is 5.29. The Morgan fingerprint density at radius 2 is 1.95 bits per heavy atom. The largest absolute Gasteiger partial charge is 0.481 e. The van der Waals surface area contributed by atoms with Crippen molar-refractivity contribution in [2.24, 2.45) is 0 Å². The normalized spacial score (nSPS) is 18.5. The average molecular weight is 316 g/mol. The Hall–Kier alpha value is -1.34. The van der Waals surface area contributed by atoms with E-state index in [9.17, 15) is 9.59 Å². The van der Waals surface area contributed by atoms with Crippen molar-refractivity contribution < 1.29 is 24.5 Å². The Morgan fingerprint density at radius 3 is 2.41 bits per heavy atom. The van der Waals surface area contributed by atoms with Gasteiger partial charge in [-0.05, 0) is 40.5 Å². The highest BCUT2D eigenvalue weighted by atomic mass is 16.6. The summed E-state index contributed by atoms with van der Waals surface area (Å²) in [6.45, 7) is 8.09. The fourth-order valence-corrected chi connectivity index (χ4v) is 2.68. The Morgan fingerprint density at radius 1 is 1.36 bits per heavy atom. The van der Waals surface area contributed by atoms with Crippen molar-refractivity contribution >= 4 is 12.1 Å². The fraction of sp³-hybridized carbons (Fsp3) is 0.867. The van der Waals surface area contributed by atoms with E-state index in [1.54, 1.807) is 20.8 Å². The van der Waals surface area contributed by atoms with Crippen molar-refractivity contribution in [3.05, 3.63) is 0 Å². The van der Waals surface area contributed by atoms with Crippen LogP contribution in [0.5, 0.6) is 0 Å². The molecule has 0 radical (unpaired) electrons. The molecule has 1 fully saturated rings. The predicted molar refractivity (Wildman–Crippen MR) is 81.7 cm³/mol. The van der Waals surface area contributed by atoms with Crippen LogP contribution in [0.1, 0.15) is 47.0 Å². The van der Waals surface area contributed by atoms with E-state index in [0.29, 0.717) is 19.5 Å². The van der Waals surface area contributed by atoms with Gasteiger partial charge in [0.1, 0.15) is 5.60 Å². The highest BCUT2D eigenvalue weighted by molar-refractivity contribution is 5.73. The van der Waals surface area contributed by atoms with E-state index >= 15 is 0 Å². The van der Waals surface area contributed by atoms with E-state index in [1.807, 2.05) is 6.92 Å². The first-order valence-corrected chi connectivity index (χ1v) is 7.65. The van der Waals surface area contributed by atoms with Gasteiger partial charge in [0.15, 0.2) is 0 Å². The van der Waals surface area contributed by atoms with Crippen LogP contribution in [0.4, 0.5) is 4.79 Å². The van der Waals surface area contributed by atoms with E-state index in [4.69, 9.17) is 14.9 Å². The molecular formula is C15H28N2O5. The van der Waals surface area contributed by atoms with Crippen molar-refractivity contribution in [2.75, 3.05) is 19.7 Å². The number of rotatable bonds is 7. The van der Waals surface area contributed by atoms with Crippen molar-refractivity contribution in [1.29, 1.82) is 0 Å². The van der Waals surface area contributed by atoms with E-state index in [0.717, 1.165) is 6.42 Å². The third-order valence-electron chi connectivity index (χ3n) is 3.48. The number of aliphatic hydroxyl groups excluding tert-OH is 1. The molecule has 1 heterocycles. The van der Waals surface area contributed by atoms with Gasteiger partial charge in [-0.1, -0.05) is 0 Å².